The average Bonchev–Trinajstić information content (AvgIpc) is 1.98. The van der Waals surface area contributed by atoms with Crippen molar-refractivity contribution in [3.8, 4) is 0 Å². The minimum Gasteiger partial charge on any atom is -0.310 e. The van der Waals surface area contributed by atoms with Crippen LogP contribution in [0.25, 0.3) is 0 Å². The van der Waals surface area contributed by atoms with Crippen molar-refractivity contribution in [2.24, 2.45) is 0 Å². The standard InChI is InChI=1S/C9H20O3Si/c1-7-8(10)11-12-13(5,6)9(2,3)4/h7H2,1-6H3. The lowest BCUT2D eigenvalue weighted by atomic mass is 10.2. The highest BCUT2D eigenvalue weighted by Gasteiger charge is 2.40. The predicted molar refractivity (Wildman–Crippen MR) is 54.7 cm³/mol. The molecule has 0 spiro atoms. The van der Waals surface area contributed by atoms with Crippen molar-refractivity contribution in [1.82, 2.24) is 0 Å². The summed E-state index contributed by atoms with van der Waals surface area (Å²) in [6.45, 7) is 12.1. The smallest absolute Gasteiger partial charge is 0.310 e. The molecule has 0 N–H and O–H groups in total. The Morgan fingerprint density at radius 2 is 1.77 bits per heavy atom. The van der Waals surface area contributed by atoms with Gasteiger partial charge in [-0.05, 0) is 18.1 Å². The van der Waals surface area contributed by atoms with Crippen molar-refractivity contribution >= 4 is 14.3 Å². The van der Waals surface area contributed by atoms with Gasteiger partial charge >= 0.3 is 5.97 Å². The van der Waals surface area contributed by atoms with Crippen LogP contribution in [0.2, 0.25) is 18.1 Å². The summed E-state index contributed by atoms with van der Waals surface area (Å²) >= 11 is 0. The van der Waals surface area contributed by atoms with Crippen LogP contribution < -0.4 is 0 Å². The number of rotatable bonds is 3. The van der Waals surface area contributed by atoms with Crippen LogP contribution in [0.5, 0.6) is 0 Å². The zero-order valence-electron chi connectivity index (χ0n) is 9.43. The molecule has 0 rings (SSSR count). The SMILES string of the molecule is CCC(=O)OO[Si](C)(C)C(C)(C)C. The van der Waals surface area contributed by atoms with E-state index in [0.717, 1.165) is 0 Å². The Bertz CT molecular complexity index is 182. The van der Waals surface area contributed by atoms with Crippen molar-refractivity contribution in [2.75, 3.05) is 0 Å². The Morgan fingerprint density at radius 1 is 1.31 bits per heavy atom. The summed E-state index contributed by atoms with van der Waals surface area (Å²) in [6, 6.07) is 0. The Kier molecular flexibility index (Phi) is 4.12. The molecule has 0 aliphatic rings. The van der Waals surface area contributed by atoms with Gasteiger partial charge in [-0.1, -0.05) is 27.7 Å². The second kappa shape index (κ2) is 4.24. The van der Waals surface area contributed by atoms with E-state index in [0.29, 0.717) is 6.42 Å². The first-order valence-electron chi connectivity index (χ1n) is 4.59. The molecule has 0 fully saturated rings. The molecule has 0 aliphatic carbocycles. The van der Waals surface area contributed by atoms with Gasteiger partial charge in [-0.2, -0.15) is 0 Å². The normalized spacial score (nSPS) is 12.8. The van der Waals surface area contributed by atoms with Gasteiger partial charge in [0.2, 0.25) is 0 Å². The molecular weight excluding hydrogens is 184 g/mol. The molecule has 0 aliphatic heterocycles. The fourth-order valence-corrected chi connectivity index (χ4v) is 0.886. The minimum atomic E-state index is -1.93. The van der Waals surface area contributed by atoms with Crippen molar-refractivity contribution < 1.29 is 14.3 Å². The second-order valence-electron chi connectivity index (χ2n) is 4.65. The fraction of sp³-hybridized carbons (Fsp3) is 0.889. The van der Waals surface area contributed by atoms with Crippen LogP contribution in [0.15, 0.2) is 0 Å². The Labute approximate surface area is 81.5 Å². The molecule has 0 bridgehead atoms. The van der Waals surface area contributed by atoms with E-state index in [1.165, 1.54) is 0 Å². The molecule has 13 heavy (non-hydrogen) atoms. The highest BCUT2D eigenvalue weighted by atomic mass is 28.4. The topological polar surface area (TPSA) is 35.5 Å². The molecule has 0 saturated carbocycles. The predicted octanol–water partition coefficient (Wildman–Crippen LogP) is 2.88. The quantitative estimate of drug-likeness (QED) is 0.403. The van der Waals surface area contributed by atoms with E-state index in [2.05, 4.69) is 20.8 Å². The van der Waals surface area contributed by atoms with Gasteiger partial charge in [0.05, 0.1) is 0 Å². The summed E-state index contributed by atoms with van der Waals surface area (Å²) < 4.78 is 5.24. The molecule has 78 valence electrons. The van der Waals surface area contributed by atoms with Gasteiger partial charge in [0.25, 0.3) is 8.32 Å². The summed E-state index contributed by atoms with van der Waals surface area (Å²) in [5.41, 5.74) is 0. The van der Waals surface area contributed by atoms with E-state index in [4.69, 9.17) is 9.46 Å². The van der Waals surface area contributed by atoms with Crippen molar-refractivity contribution in [2.45, 2.75) is 52.2 Å². The van der Waals surface area contributed by atoms with Crippen LogP contribution in [0.4, 0.5) is 0 Å². The Hall–Kier alpha value is -0.353. The lowest BCUT2D eigenvalue weighted by Gasteiger charge is -2.33. The molecule has 0 aromatic heterocycles. The van der Waals surface area contributed by atoms with Crippen LogP contribution >= 0.6 is 0 Å². The first-order valence-corrected chi connectivity index (χ1v) is 7.50. The van der Waals surface area contributed by atoms with Crippen LogP contribution in [0.1, 0.15) is 34.1 Å². The molecule has 0 saturated heterocycles. The van der Waals surface area contributed by atoms with Gasteiger partial charge in [0.1, 0.15) is 0 Å². The van der Waals surface area contributed by atoms with Crippen LogP contribution in [-0.4, -0.2) is 14.3 Å². The van der Waals surface area contributed by atoms with E-state index < -0.39 is 8.32 Å². The van der Waals surface area contributed by atoms with E-state index >= 15 is 0 Å². The van der Waals surface area contributed by atoms with E-state index in [1.54, 1.807) is 6.92 Å². The molecular formula is C9H20O3Si. The maximum absolute atomic E-state index is 10.9. The first-order chi connectivity index (χ1) is 5.70. The van der Waals surface area contributed by atoms with Gasteiger partial charge in [0, 0.05) is 6.42 Å². The number of hydrogen-bond donors (Lipinski definition) is 0. The molecule has 0 aromatic rings. The van der Waals surface area contributed by atoms with E-state index in [9.17, 15) is 4.79 Å². The van der Waals surface area contributed by atoms with Crippen molar-refractivity contribution in [3.63, 3.8) is 0 Å². The number of hydrogen-bond acceptors (Lipinski definition) is 3. The highest BCUT2D eigenvalue weighted by molar-refractivity contribution is 6.73. The average molecular weight is 204 g/mol. The largest absolute Gasteiger partial charge is 0.340 e. The fourth-order valence-electron chi connectivity index (χ4n) is 0.335. The molecule has 0 atom stereocenters. The summed E-state index contributed by atoms with van der Waals surface area (Å²) in [5.74, 6) is -0.301. The van der Waals surface area contributed by atoms with Crippen LogP contribution in [0, 0.1) is 0 Å². The zero-order chi connectivity index (χ0) is 10.7. The molecule has 3 nitrogen and oxygen atoms in total. The number of carbonyl (C=O) groups is 1. The summed E-state index contributed by atoms with van der Waals surface area (Å²) in [6.07, 6.45) is 0.356. The zero-order valence-corrected chi connectivity index (χ0v) is 10.4. The molecule has 4 heteroatoms. The lowest BCUT2D eigenvalue weighted by molar-refractivity contribution is -0.221. The van der Waals surface area contributed by atoms with E-state index in [1.807, 2.05) is 13.1 Å². The summed E-state index contributed by atoms with van der Waals surface area (Å²) in [7, 11) is -1.93. The maximum atomic E-state index is 10.9. The first kappa shape index (κ1) is 12.6. The molecule has 0 heterocycles. The third-order valence-corrected chi connectivity index (χ3v) is 6.55. The van der Waals surface area contributed by atoms with Crippen LogP contribution in [0.3, 0.4) is 0 Å². The summed E-state index contributed by atoms with van der Waals surface area (Å²) in [5, 5.41) is 0.0705. The van der Waals surface area contributed by atoms with Crippen molar-refractivity contribution in [1.29, 1.82) is 0 Å². The minimum absolute atomic E-state index is 0.0705. The molecule has 0 unspecified atom stereocenters. The second-order valence-corrected chi connectivity index (χ2v) is 9.34. The van der Waals surface area contributed by atoms with Gasteiger partial charge < -0.3 is 4.89 Å². The van der Waals surface area contributed by atoms with Crippen LogP contribution in [-0.2, 0) is 14.3 Å². The third-order valence-electron chi connectivity index (χ3n) is 2.44. The maximum Gasteiger partial charge on any atom is 0.340 e. The van der Waals surface area contributed by atoms with E-state index in [-0.39, 0.29) is 11.0 Å². The van der Waals surface area contributed by atoms with Gasteiger partial charge in [-0.25, -0.2) is 9.37 Å². The summed E-state index contributed by atoms with van der Waals surface area (Å²) in [4.78, 5) is 15.6. The third kappa shape index (κ3) is 3.91. The molecule has 0 amide bonds. The van der Waals surface area contributed by atoms with Gasteiger partial charge in [-0.3, -0.25) is 0 Å². The van der Waals surface area contributed by atoms with Gasteiger partial charge in [0.15, 0.2) is 0 Å². The lowest BCUT2D eigenvalue weighted by Crippen LogP contribution is -2.41. The number of carbonyl (C=O) groups excluding carboxylic acids is 1. The monoisotopic (exact) mass is 204 g/mol. The van der Waals surface area contributed by atoms with Gasteiger partial charge in [-0.15, -0.1) is 0 Å². The molecule has 0 radical (unpaired) electrons. The Balaban J connectivity index is 4.12. The highest BCUT2D eigenvalue weighted by Crippen LogP contribution is 2.36. The van der Waals surface area contributed by atoms with Crippen molar-refractivity contribution in [3.05, 3.63) is 0 Å². The Morgan fingerprint density at radius 3 is 2.08 bits per heavy atom. The molecule has 0 aromatic carbocycles.